The maximum absolute atomic E-state index is 14.3. The van der Waals surface area contributed by atoms with Crippen molar-refractivity contribution in [3.8, 4) is 17.0 Å². The number of rotatable bonds is 6. The Balaban J connectivity index is 1.44. The van der Waals surface area contributed by atoms with Crippen LogP contribution in [0.2, 0.25) is 0 Å². The number of ether oxygens (including phenoxy) is 1. The molecule has 4 aromatic rings. The number of halogens is 3. The standard InChI is InChI=1S/C30H32F3N5O4S/c1-18-17-36(20(3)21-8-12-24(13-9-21)43(5,40)41)14-15-37(18)29(39)25-16-34-38-27(30(31,32)33)19(2)26(35-28(25)38)22-6-10-23(42-4)11-7-22/h6-13,16,18,20H,14-15,17H2,1-5H3/t18-,20+/m1/s1. The molecule has 5 rings (SSSR count). The van der Waals surface area contributed by atoms with E-state index in [1.165, 1.54) is 14.0 Å². The van der Waals surface area contributed by atoms with Gasteiger partial charge in [0.1, 0.15) is 11.3 Å². The summed E-state index contributed by atoms with van der Waals surface area (Å²) < 4.78 is 72.5. The highest BCUT2D eigenvalue weighted by Crippen LogP contribution is 2.37. The van der Waals surface area contributed by atoms with Gasteiger partial charge in [-0.2, -0.15) is 18.3 Å². The van der Waals surface area contributed by atoms with Gasteiger partial charge in [-0.25, -0.2) is 17.9 Å². The van der Waals surface area contributed by atoms with Crippen LogP contribution in [0.5, 0.6) is 5.75 Å². The van der Waals surface area contributed by atoms with Gasteiger partial charge in [0.25, 0.3) is 5.91 Å². The fourth-order valence-electron chi connectivity index (χ4n) is 5.59. The van der Waals surface area contributed by atoms with Gasteiger partial charge in [-0.15, -0.1) is 0 Å². The molecule has 43 heavy (non-hydrogen) atoms. The molecule has 0 N–H and O–H groups in total. The first-order valence-electron chi connectivity index (χ1n) is 13.7. The molecule has 1 amide bonds. The molecular weight excluding hydrogens is 583 g/mol. The van der Waals surface area contributed by atoms with Crippen molar-refractivity contribution >= 4 is 21.4 Å². The van der Waals surface area contributed by atoms with E-state index in [0.29, 0.717) is 35.5 Å². The zero-order valence-electron chi connectivity index (χ0n) is 24.4. The highest BCUT2D eigenvalue weighted by atomic mass is 32.2. The first-order valence-corrected chi connectivity index (χ1v) is 15.5. The number of alkyl halides is 3. The largest absolute Gasteiger partial charge is 0.497 e. The lowest BCUT2D eigenvalue weighted by Crippen LogP contribution is -2.54. The summed E-state index contributed by atoms with van der Waals surface area (Å²) in [6.45, 7) is 6.61. The average molecular weight is 616 g/mol. The molecule has 2 aromatic heterocycles. The van der Waals surface area contributed by atoms with Crippen LogP contribution in [-0.2, 0) is 16.0 Å². The average Bonchev–Trinajstić information content (AvgIpc) is 3.38. The monoisotopic (exact) mass is 615 g/mol. The van der Waals surface area contributed by atoms with Crippen molar-refractivity contribution in [1.82, 2.24) is 24.4 Å². The number of carbonyl (C=O) groups excluding carboxylic acids is 1. The molecule has 1 aliphatic heterocycles. The van der Waals surface area contributed by atoms with Gasteiger partial charge >= 0.3 is 6.18 Å². The molecule has 1 saturated heterocycles. The number of amides is 1. The number of piperazine rings is 1. The normalized spacial score (nSPS) is 17.3. The van der Waals surface area contributed by atoms with Crippen LogP contribution in [0.25, 0.3) is 16.9 Å². The van der Waals surface area contributed by atoms with Gasteiger partial charge in [0.15, 0.2) is 21.2 Å². The smallest absolute Gasteiger partial charge is 0.433 e. The van der Waals surface area contributed by atoms with E-state index in [0.717, 1.165) is 18.0 Å². The summed E-state index contributed by atoms with van der Waals surface area (Å²) in [4.78, 5) is 22.4. The maximum atomic E-state index is 14.3. The highest BCUT2D eigenvalue weighted by molar-refractivity contribution is 7.90. The van der Waals surface area contributed by atoms with E-state index in [1.807, 2.05) is 13.8 Å². The number of sulfone groups is 1. The second kappa shape index (κ2) is 11.3. The lowest BCUT2D eigenvalue weighted by Gasteiger charge is -2.42. The Morgan fingerprint density at radius 3 is 2.28 bits per heavy atom. The fourth-order valence-corrected chi connectivity index (χ4v) is 6.22. The second-order valence-electron chi connectivity index (χ2n) is 10.8. The Kier molecular flexibility index (Phi) is 7.99. The van der Waals surface area contributed by atoms with E-state index >= 15 is 0 Å². The van der Waals surface area contributed by atoms with Crippen molar-refractivity contribution in [2.24, 2.45) is 0 Å². The molecule has 0 unspecified atom stereocenters. The van der Waals surface area contributed by atoms with E-state index in [9.17, 15) is 26.4 Å². The molecule has 3 heterocycles. The number of aromatic nitrogens is 3. The Morgan fingerprint density at radius 1 is 1.07 bits per heavy atom. The Hall–Kier alpha value is -3.97. The summed E-state index contributed by atoms with van der Waals surface area (Å²) in [6, 6.07) is 13.0. The maximum Gasteiger partial charge on any atom is 0.433 e. The van der Waals surface area contributed by atoms with Crippen molar-refractivity contribution in [3.63, 3.8) is 0 Å². The summed E-state index contributed by atoms with van der Waals surface area (Å²) in [7, 11) is -1.81. The molecule has 13 heteroatoms. The molecule has 2 aromatic carbocycles. The van der Waals surface area contributed by atoms with Crippen LogP contribution in [-0.4, -0.2) is 77.8 Å². The van der Waals surface area contributed by atoms with Crippen LogP contribution in [0.3, 0.4) is 0 Å². The zero-order valence-corrected chi connectivity index (χ0v) is 25.2. The summed E-state index contributed by atoms with van der Waals surface area (Å²) in [5, 5.41) is 3.97. The molecule has 0 saturated carbocycles. The minimum absolute atomic E-state index is 0.00928. The third kappa shape index (κ3) is 5.83. The van der Waals surface area contributed by atoms with Gasteiger partial charge in [0, 0.05) is 49.1 Å². The molecule has 2 atom stereocenters. The number of hydrogen-bond acceptors (Lipinski definition) is 7. The van der Waals surface area contributed by atoms with Crippen molar-refractivity contribution in [3.05, 3.63) is 77.1 Å². The summed E-state index contributed by atoms with van der Waals surface area (Å²) in [5.41, 5.74) is 0.223. The quantitative estimate of drug-likeness (QED) is 0.300. The molecule has 0 aliphatic carbocycles. The van der Waals surface area contributed by atoms with E-state index in [4.69, 9.17) is 4.74 Å². The lowest BCUT2D eigenvalue weighted by atomic mass is 10.0. The first-order chi connectivity index (χ1) is 20.2. The second-order valence-corrected chi connectivity index (χ2v) is 12.8. The van der Waals surface area contributed by atoms with E-state index in [2.05, 4.69) is 15.0 Å². The topological polar surface area (TPSA) is 97.1 Å². The van der Waals surface area contributed by atoms with Gasteiger partial charge in [0.2, 0.25) is 0 Å². The lowest BCUT2D eigenvalue weighted by molar-refractivity contribution is -0.143. The number of hydrogen-bond donors (Lipinski definition) is 0. The summed E-state index contributed by atoms with van der Waals surface area (Å²) in [6.07, 6.45) is -2.43. The third-order valence-corrected chi connectivity index (χ3v) is 9.13. The minimum Gasteiger partial charge on any atom is -0.497 e. The minimum atomic E-state index is -4.74. The van der Waals surface area contributed by atoms with E-state index in [1.54, 1.807) is 53.4 Å². The predicted molar refractivity (Wildman–Crippen MR) is 155 cm³/mol. The van der Waals surface area contributed by atoms with Crippen LogP contribution in [0.1, 0.15) is 47.1 Å². The Labute approximate surface area is 247 Å². The Bertz CT molecular complexity index is 1770. The van der Waals surface area contributed by atoms with Crippen LogP contribution in [0.15, 0.2) is 59.6 Å². The number of carbonyl (C=O) groups is 1. The van der Waals surface area contributed by atoms with Gasteiger partial charge in [-0.3, -0.25) is 9.69 Å². The van der Waals surface area contributed by atoms with Crippen LogP contribution < -0.4 is 4.74 Å². The molecule has 1 fully saturated rings. The van der Waals surface area contributed by atoms with Crippen molar-refractivity contribution in [2.45, 2.75) is 43.9 Å². The number of nitrogens with zero attached hydrogens (tertiary/aromatic N) is 5. The first kappa shape index (κ1) is 30.5. The molecule has 0 bridgehead atoms. The van der Waals surface area contributed by atoms with Crippen LogP contribution >= 0.6 is 0 Å². The van der Waals surface area contributed by atoms with Gasteiger partial charge in [-0.1, -0.05) is 12.1 Å². The molecule has 0 spiro atoms. The molecule has 9 nitrogen and oxygen atoms in total. The Morgan fingerprint density at radius 2 is 1.72 bits per heavy atom. The van der Waals surface area contributed by atoms with Crippen molar-refractivity contribution in [2.75, 3.05) is 33.0 Å². The molecular formula is C30H32F3N5O4S. The third-order valence-electron chi connectivity index (χ3n) is 8.00. The molecule has 0 radical (unpaired) electrons. The highest BCUT2D eigenvalue weighted by Gasteiger charge is 2.39. The summed E-state index contributed by atoms with van der Waals surface area (Å²) in [5.74, 6) is 0.101. The van der Waals surface area contributed by atoms with E-state index < -0.39 is 27.6 Å². The summed E-state index contributed by atoms with van der Waals surface area (Å²) >= 11 is 0. The van der Waals surface area contributed by atoms with Gasteiger partial charge in [0.05, 0.1) is 23.9 Å². The molecule has 228 valence electrons. The molecule has 1 aliphatic rings. The SMILES string of the molecule is COc1ccc(-c2nc3c(C(=O)N4CCN([C@@H](C)c5ccc(S(C)(=O)=O)cc5)C[C@H]4C)cnn3c(C(F)(F)F)c2C)cc1. The predicted octanol–water partition coefficient (Wildman–Crippen LogP) is 5.04. The number of methoxy groups -OCH3 is 1. The number of fused-ring (bicyclic) bond motifs is 1. The van der Waals surface area contributed by atoms with Crippen LogP contribution in [0, 0.1) is 6.92 Å². The van der Waals surface area contributed by atoms with Crippen LogP contribution in [0.4, 0.5) is 13.2 Å². The van der Waals surface area contributed by atoms with Gasteiger partial charge in [-0.05, 0) is 62.7 Å². The van der Waals surface area contributed by atoms with Crippen molar-refractivity contribution < 1.29 is 31.1 Å². The zero-order chi connectivity index (χ0) is 31.3. The van der Waals surface area contributed by atoms with Gasteiger partial charge < -0.3 is 9.64 Å². The fraction of sp³-hybridized carbons (Fsp3) is 0.367. The van der Waals surface area contributed by atoms with Crippen molar-refractivity contribution in [1.29, 1.82) is 0 Å². The number of benzene rings is 2. The van der Waals surface area contributed by atoms with E-state index in [-0.39, 0.29) is 39.4 Å².